The molecule has 4 aliphatic rings. The van der Waals surface area contributed by atoms with Gasteiger partial charge in [0.15, 0.2) is 0 Å². The molecule has 1 aromatic rings. The van der Waals surface area contributed by atoms with Crippen molar-refractivity contribution in [3.63, 3.8) is 0 Å². The molecule has 3 saturated carbocycles. The number of ether oxygens (including phenoxy) is 2. The third kappa shape index (κ3) is 3.57. The van der Waals surface area contributed by atoms with Gasteiger partial charge in [0.2, 0.25) is 5.91 Å². The third-order valence-electron chi connectivity index (χ3n) is 10.4. The van der Waals surface area contributed by atoms with Crippen LogP contribution in [0.2, 0.25) is 0 Å². The smallest absolute Gasteiger partial charge is 0.309 e. The maximum absolute atomic E-state index is 13.2. The first kappa shape index (κ1) is 22.7. The van der Waals surface area contributed by atoms with Crippen molar-refractivity contribution in [1.29, 1.82) is 0 Å². The van der Waals surface area contributed by atoms with Gasteiger partial charge in [-0.15, -0.1) is 0 Å². The Balaban J connectivity index is 1.28. The summed E-state index contributed by atoms with van der Waals surface area (Å²) in [6.07, 6.45) is 8.37. The topological polar surface area (TPSA) is 55.8 Å². The Kier molecular flexibility index (Phi) is 5.73. The van der Waals surface area contributed by atoms with Gasteiger partial charge in [-0.2, -0.15) is 0 Å². The molecule has 0 aromatic heterocycles. The number of carbonyl (C=O) groups is 2. The number of rotatable bonds is 4. The second-order valence-corrected chi connectivity index (χ2v) is 11.6. The third-order valence-corrected chi connectivity index (χ3v) is 10.4. The molecular weight excluding hydrogens is 414 g/mol. The van der Waals surface area contributed by atoms with Gasteiger partial charge in [-0.25, -0.2) is 0 Å². The van der Waals surface area contributed by atoms with Crippen LogP contribution in [0.4, 0.5) is 0 Å². The summed E-state index contributed by atoms with van der Waals surface area (Å²) in [7, 11) is 3.67. The minimum absolute atomic E-state index is 0.00263. The lowest BCUT2D eigenvalue weighted by molar-refractivity contribution is -0.166. The molecular formula is C28H39NO4. The van der Waals surface area contributed by atoms with Gasteiger partial charge in [0.25, 0.3) is 0 Å². The predicted octanol–water partition coefficient (Wildman–Crippen LogP) is 5.22. The first-order chi connectivity index (χ1) is 15.8. The van der Waals surface area contributed by atoms with Crippen molar-refractivity contribution in [1.82, 2.24) is 4.90 Å². The summed E-state index contributed by atoms with van der Waals surface area (Å²) in [4.78, 5) is 27.7. The van der Waals surface area contributed by atoms with Crippen LogP contribution >= 0.6 is 0 Å². The average Bonchev–Trinajstić information content (AvgIpc) is 3.18. The van der Waals surface area contributed by atoms with Crippen LogP contribution in [0.1, 0.15) is 70.8 Å². The van der Waals surface area contributed by atoms with Crippen LogP contribution < -0.4 is 4.74 Å². The number of amides is 1. The minimum atomic E-state index is -0.0165. The second kappa shape index (κ2) is 8.32. The summed E-state index contributed by atoms with van der Waals surface area (Å²) in [5, 5.41) is 0. The molecule has 1 aliphatic heterocycles. The quantitative estimate of drug-likeness (QED) is 0.587. The van der Waals surface area contributed by atoms with Gasteiger partial charge in [0.1, 0.15) is 12.4 Å². The van der Waals surface area contributed by atoms with Gasteiger partial charge in [-0.05, 0) is 91.2 Å². The molecule has 7 atom stereocenters. The van der Waals surface area contributed by atoms with Gasteiger partial charge >= 0.3 is 5.97 Å². The fourth-order valence-corrected chi connectivity index (χ4v) is 8.51. The number of esters is 1. The highest BCUT2D eigenvalue weighted by atomic mass is 16.5. The van der Waals surface area contributed by atoms with E-state index in [4.69, 9.17) is 9.47 Å². The molecule has 1 aromatic carbocycles. The largest absolute Gasteiger partial charge is 0.497 e. The van der Waals surface area contributed by atoms with E-state index in [1.807, 2.05) is 31.3 Å². The Bertz CT molecular complexity index is 913. The fourth-order valence-electron chi connectivity index (χ4n) is 8.51. The normalized spacial score (nSPS) is 39.9. The van der Waals surface area contributed by atoms with Crippen molar-refractivity contribution < 1.29 is 19.1 Å². The van der Waals surface area contributed by atoms with E-state index >= 15 is 0 Å². The molecule has 0 spiro atoms. The number of likely N-dealkylation sites (tertiary alicyclic amines) is 1. The molecule has 0 radical (unpaired) electrons. The summed E-state index contributed by atoms with van der Waals surface area (Å²) in [6.45, 7) is 5.15. The zero-order valence-corrected chi connectivity index (χ0v) is 20.6. The lowest BCUT2D eigenvalue weighted by atomic mass is 9.47. The van der Waals surface area contributed by atoms with Crippen LogP contribution in [0.25, 0.3) is 0 Å². The first-order valence-corrected chi connectivity index (χ1v) is 12.8. The average molecular weight is 454 g/mol. The van der Waals surface area contributed by atoms with E-state index in [1.165, 1.54) is 12.8 Å². The summed E-state index contributed by atoms with van der Waals surface area (Å²) >= 11 is 0. The summed E-state index contributed by atoms with van der Waals surface area (Å²) in [5.41, 5.74) is 1.26. The van der Waals surface area contributed by atoms with E-state index in [0.29, 0.717) is 42.7 Å². The maximum Gasteiger partial charge on any atom is 0.309 e. The molecule has 2 unspecified atom stereocenters. The van der Waals surface area contributed by atoms with Crippen LogP contribution in [0.5, 0.6) is 5.75 Å². The minimum Gasteiger partial charge on any atom is -0.497 e. The molecule has 4 fully saturated rings. The van der Waals surface area contributed by atoms with Crippen molar-refractivity contribution >= 4 is 11.9 Å². The van der Waals surface area contributed by atoms with E-state index in [-0.39, 0.29) is 22.7 Å². The number of nitrogens with zero attached hydrogens (tertiary/aromatic N) is 1. The van der Waals surface area contributed by atoms with Crippen molar-refractivity contribution in [3.8, 4) is 5.75 Å². The van der Waals surface area contributed by atoms with Gasteiger partial charge in [0, 0.05) is 19.5 Å². The van der Waals surface area contributed by atoms with Crippen molar-refractivity contribution in [2.75, 3.05) is 14.2 Å². The Morgan fingerprint density at radius 2 is 1.73 bits per heavy atom. The van der Waals surface area contributed by atoms with Crippen molar-refractivity contribution in [3.05, 3.63) is 29.8 Å². The lowest BCUT2D eigenvalue weighted by Crippen LogP contribution is -2.61. The molecule has 1 saturated heterocycles. The Labute approximate surface area is 198 Å². The Morgan fingerprint density at radius 1 is 1.00 bits per heavy atom. The van der Waals surface area contributed by atoms with E-state index in [2.05, 4.69) is 18.7 Å². The number of piperidine rings is 1. The number of benzene rings is 1. The van der Waals surface area contributed by atoms with Crippen LogP contribution in [0.3, 0.4) is 0 Å². The molecule has 1 amide bonds. The van der Waals surface area contributed by atoms with Gasteiger partial charge in [0.05, 0.1) is 13.0 Å². The van der Waals surface area contributed by atoms with E-state index < -0.39 is 0 Å². The Hall–Kier alpha value is -2.04. The van der Waals surface area contributed by atoms with Gasteiger partial charge in [-0.1, -0.05) is 26.0 Å². The standard InChI is InChI=1S/C28H39NO4/c1-27-15-13-22-20(9-12-24-28(22,2)16-14-25(30)29(24)3)21(27)10-11-23(27)26(31)33-17-18-5-7-19(32-4)8-6-18/h5-8,20-24H,9-17H2,1-4H3/t20-,21-,22+,23?,24?,27-,28+/m0/s1. The summed E-state index contributed by atoms with van der Waals surface area (Å²) in [5.74, 6) is 3.04. The van der Waals surface area contributed by atoms with Crippen LogP contribution in [-0.4, -0.2) is 37.0 Å². The predicted molar refractivity (Wildman–Crippen MR) is 126 cm³/mol. The highest BCUT2D eigenvalue weighted by Gasteiger charge is 2.62. The molecule has 3 aliphatic carbocycles. The number of fused-ring (bicyclic) bond motifs is 5. The maximum atomic E-state index is 13.2. The molecule has 0 bridgehead atoms. The highest BCUT2D eigenvalue weighted by Crippen LogP contribution is 2.66. The van der Waals surface area contributed by atoms with E-state index in [0.717, 1.165) is 43.4 Å². The number of hydrogen-bond donors (Lipinski definition) is 0. The second-order valence-electron chi connectivity index (χ2n) is 11.6. The SMILES string of the molecule is COc1ccc(COC(=O)C2CC[C@H]3[C@@H]4CCC5N(C)C(=O)CC[C@]5(C)[C@@H]4CC[C@]23C)cc1. The van der Waals surface area contributed by atoms with E-state index in [1.54, 1.807) is 7.11 Å². The first-order valence-electron chi connectivity index (χ1n) is 12.8. The highest BCUT2D eigenvalue weighted by molar-refractivity contribution is 5.77. The van der Waals surface area contributed by atoms with Gasteiger partial charge < -0.3 is 14.4 Å². The molecule has 0 N–H and O–H groups in total. The lowest BCUT2D eigenvalue weighted by Gasteiger charge is -2.61. The zero-order valence-electron chi connectivity index (χ0n) is 20.6. The van der Waals surface area contributed by atoms with Crippen molar-refractivity contribution in [2.45, 2.75) is 77.9 Å². The molecule has 33 heavy (non-hydrogen) atoms. The molecule has 5 heteroatoms. The Morgan fingerprint density at radius 3 is 2.45 bits per heavy atom. The van der Waals surface area contributed by atoms with Gasteiger partial charge in [-0.3, -0.25) is 9.59 Å². The molecule has 180 valence electrons. The fraction of sp³-hybridized carbons (Fsp3) is 0.714. The molecule has 5 rings (SSSR count). The monoisotopic (exact) mass is 453 g/mol. The summed E-state index contributed by atoms with van der Waals surface area (Å²) in [6, 6.07) is 8.12. The van der Waals surface area contributed by atoms with Crippen LogP contribution in [0.15, 0.2) is 24.3 Å². The number of methoxy groups -OCH3 is 1. The zero-order chi connectivity index (χ0) is 23.4. The summed E-state index contributed by atoms with van der Waals surface area (Å²) < 4.78 is 11.1. The van der Waals surface area contributed by atoms with Crippen LogP contribution in [-0.2, 0) is 20.9 Å². The van der Waals surface area contributed by atoms with E-state index in [9.17, 15) is 9.59 Å². The molecule has 5 nitrogen and oxygen atoms in total. The van der Waals surface area contributed by atoms with Crippen LogP contribution in [0, 0.1) is 34.5 Å². The molecule has 1 heterocycles. The number of carbonyl (C=O) groups excluding carboxylic acids is 2. The van der Waals surface area contributed by atoms with Crippen molar-refractivity contribution in [2.24, 2.45) is 34.5 Å². The number of hydrogen-bond acceptors (Lipinski definition) is 4.